The number of benzene rings is 1. The van der Waals surface area contributed by atoms with E-state index in [-0.39, 0.29) is 18.6 Å². The lowest BCUT2D eigenvalue weighted by molar-refractivity contribution is -0.123. The molecule has 0 spiro atoms. The molecular weight excluding hydrogens is 228 g/mol. The fraction of sp³-hybridized carbons (Fsp3) is 0.500. The van der Waals surface area contributed by atoms with Gasteiger partial charge in [-0.2, -0.15) is 0 Å². The minimum absolute atomic E-state index is 0.0516. The molecule has 1 atom stereocenters. The first-order valence-corrected chi connectivity index (χ1v) is 6.43. The van der Waals surface area contributed by atoms with Crippen LogP contribution in [0.15, 0.2) is 24.3 Å². The van der Waals surface area contributed by atoms with Crippen molar-refractivity contribution >= 4 is 5.91 Å². The smallest absolute Gasteiger partial charge is 0.258 e. The summed E-state index contributed by atoms with van der Waals surface area (Å²) in [4.78, 5) is 11.7. The van der Waals surface area contributed by atoms with E-state index in [2.05, 4.69) is 10.6 Å². The molecule has 1 aliphatic rings. The summed E-state index contributed by atoms with van der Waals surface area (Å²) in [5.74, 6) is 0.682. The van der Waals surface area contributed by atoms with Crippen molar-refractivity contribution in [3.8, 4) is 5.75 Å². The van der Waals surface area contributed by atoms with Gasteiger partial charge in [0.05, 0.1) is 0 Å². The number of hydrogen-bond acceptors (Lipinski definition) is 3. The van der Waals surface area contributed by atoms with Crippen LogP contribution in [0.4, 0.5) is 0 Å². The average molecular weight is 248 g/mol. The highest BCUT2D eigenvalue weighted by Crippen LogP contribution is 2.11. The van der Waals surface area contributed by atoms with Gasteiger partial charge in [0.15, 0.2) is 6.61 Å². The summed E-state index contributed by atoms with van der Waals surface area (Å²) >= 11 is 0. The third-order valence-electron chi connectivity index (χ3n) is 3.05. The quantitative estimate of drug-likeness (QED) is 0.843. The number of hydrogen-bond donors (Lipinski definition) is 2. The van der Waals surface area contributed by atoms with E-state index >= 15 is 0 Å². The van der Waals surface area contributed by atoms with Crippen LogP contribution in [0.1, 0.15) is 18.4 Å². The first-order chi connectivity index (χ1) is 8.74. The maximum absolute atomic E-state index is 11.7. The number of aryl methyl sites for hydroxylation is 1. The van der Waals surface area contributed by atoms with E-state index in [1.807, 2.05) is 31.2 Å². The van der Waals surface area contributed by atoms with Crippen molar-refractivity contribution in [1.29, 1.82) is 0 Å². The third-order valence-corrected chi connectivity index (χ3v) is 3.05. The van der Waals surface area contributed by atoms with Gasteiger partial charge in [0.25, 0.3) is 5.91 Å². The van der Waals surface area contributed by atoms with Crippen molar-refractivity contribution in [1.82, 2.24) is 10.6 Å². The molecule has 1 amide bonds. The molecule has 0 aromatic heterocycles. The first-order valence-electron chi connectivity index (χ1n) is 6.43. The Bertz CT molecular complexity index is 383. The molecular formula is C14H20N2O2. The molecule has 4 nitrogen and oxygen atoms in total. The Balaban J connectivity index is 1.72. The molecule has 1 aromatic rings. The van der Waals surface area contributed by atoms with Gasteiger partial charge in [-0.3, -0.25) is 4.79 Å². The van der Waals surface area contributed by atoms with Crippen molar-refractivity contribution in [2.45, 2.75) is 25.8 Å². The Morgan fingerprint density at radius 1 is 1.44 bits per heavy atom. The standard InChI is InChI=1S/C14H20N2O2/c1-11-4-6-13(7-5-11)18-10-14(17)16-12-3-2-8-15-9-12/h4-7,12,15H,2-3,8-10H2,1H3,(H,16,17)/t12-/m0/s1. The lowest BCUT2D eigenvalue weighted by atomic mass is 10.1. The van der Waals surface area contributed by atoms with Crippen LogP contribution in [0.3, 0.4) is 0 Å². The van der Waals surface area contributed by atoms with Gasteiger partial charge < -0.3 is 15.4 Å². The number of ether oxygens (including phenoxy) is 1. The number of nitrogens with one attached hydrogen (secondary N) is 2. The van der Waals surface area contributed by atoms with E-state index in [0.29, 0.717) is 0 Å². The maximum Gasteiger partial charge on any atom is 0.258 e. The Morgan fingerprint density at radius 2 is 2.22 bits per heavy atom. The SMILES string of the molecule is Cc1ccc(OCC(=O)N[C@H]2CCCNC2)cc1. The van der Waals surface area contributed by atoms with E-state index in [9.17, 15) is 4.79 Å². The monoisotopic (exact) mass is 248 g/mol. The molecule has 98 valence electrons. The van der Waals surface area contributed by atoms with Crippen LogP contribution >= 0.6 is 0 Å². The van der Waals surface area contributed by atoms with E-state index in [1.54, 1.807) is 0 Å². The molecule has 0 aliphatic carbocycles. The summed E-state index contributed by atoms with van der Waals surface area (Å²) < 4.78 is 5.43. The first kappa shape index (κ1) is 12.9. The summed E-state index contributed by atoms with van der Waals surface area (Å²) in [5, 5.41) is 6.24. The predicted molar refractivity (Wildman–Crippen MR) is 70.7 cm³/mol. The number of piperidine rings is 1. The Hall–Kier alpha value is -1.55. The van der Waals surface area contributed by atoms with Crippen molar-refractivity contribution in [2.24, 2.45) is 0 Å². The minimum atomic E-state index is -0.0516. The molecule has 0 unspecified atom stereocenters. The van der Waals surface area contributed by atoms with Gasteiger partial charge in [-0.05, 0) is 38.4 Å². The number of carbonyl (C=O) groups is 1. The molecule has 0 radical (unpaired) electrons. The lowest BCUT2D eigenvalue weighted by Gasteiger charge is -2.23. The van der Waals surface area contributed by atoms with Crippen molar-refractivity contribution in [3.63, 3.8) is 0 Å². The van der Waals surface area contributed by atoms with Crippen LogP contribution in [0.5, 0.6) is 5.75 Å². The van der Waals surface area contributed by atoms with Gasteiger partial charge in [-0.25, -0.2) is 0 Å². The molecule has 18 heavy (non-hydrogen) atoms. The van der Waals surface area contributed by atoms with Crippen LogP contribution < -0.4 is 15.4 Å². The second-order valence-corrected chi connectivity index (χ2v) is 4.71. The zero-order valence-electron chi connectivity index (χ0n) is 10.7. The van der Waals surface area contributed by atoms with Gasteiger partial charge in [-0.15, -0.1) is 0 Å². The molecule has 1 heterocycles. The van der Waals surface area contributed by atoms with Crippen LogP contribution in [0.25, 0.3) is 0 Å². The Kier molecular flexibility index (Phi) is 4.59. The Morgan fingerprint density at radius 3 is 2.89 bits per heavy atom. The van der Waals surface area contributed by atoms with Gasteiger partial charge in [0.1, 0.15) is 5.75 Å². The molecule has 1 aliphatic heterocycles. The molecule has 1 aromatic carbocycles. The van der Waals surface area contributed by atoms with Crippen molar-refractivity contribution in [3.05, 3.63) is 29.8 Å². The third kappa shape index (κ3) is 4.04. The summed E-state index contributed by atoms with van der Waals surface area (Å²) in [6, 6.07) is 7.94. The van der Waals surface area contributed by atoms with Crippen LogP contribution in [0.2, 0.25) is 0 Å². The molecule has 2 rings (SSSR count). The molecule has 1 saturated heterocycles. The van der Waals surface area contributed by atoms with E-state index < -0.39 is 0 Å². The molecule has 0 saturated carbocycles. The average Bonchev–Trinajstić information content (AvgIpc) is 2.39. The zero-order chi connectivity index (χ0) is 12.8. The Labute approximate surface area is 108 Å². The maximum atomic E-state index is 11.7. The number of amides is 1. The number of carbonyl (C=O) groups excluding carboxylic acids is 1. The van der Waals surface area contributed by atoms with E-state index in [0.717, 1.165) is 31.7 Å². The fourth-order valence-electron chi connectivity index (χ4n) is 2.03. The normalized spacial score (nSPS) is 19.3. The predicted octanol–water partition coefficient (Wildman–Crippen LogP) is 1.24. The zero-order valence-corrected chi connectivity index (χ0v) is 10.7. The van der Waals surface area contributed by atoms with Crippen LogP contribution in [-0.4, -0.2) is 31.6 Å². The summed E-state index contributed by atoms with van der Waals surface area (Å²) in [6.45, 7) is 4.01. The topological polar surface area (TPSA) is 50.4 Å². The van der Waals surface area contributed by atoms with Gasteiger partial charge in [0.2, 0.25) is 0 Å². The van der Waals surface area contributed by atoms with Crippen LogP contribution in [0, 0.1) is 6.92 Å². The van der Waals surface area contributed by atoms with E-state index in [4.69, 9.17) is 4.74 Å². The molecule has 4 heteroatoms. The molecule has 1 fully saturated rings. The van der Waals surface area contributed by atoms with Crippen LogP contribution in [-0.2, 0) is 4.79 Å². The summed E-state index contributed by atoms with van der Waals surface area (Å²) in [5.41, 5.74) is 1.18. The van der Waals surface area contributed by atoms with Crippen molar-refractivity contribution < 1.29 is 9.53 Å². The largest absolute Gasteiger partial charge is 0.484 e. The number of rotatable bonds is 4. The highest BCUT2D eigenvalue weighted by molar-refractivity contribution is 5.77. The summed E-state index contributed by atoms with van der Waals surface area (Å²) in [7, 11) is 0. The summed E-state index contributed by atoms with van der Waals surface area (Å²) in [6.07, 6.45) is 2.16. The van der Waals surface area contributed by atoms with Gasteiger partial charge in [-0.1, -0.05) is 17.7 Å². The fourth-order valence-corrected chi connectivity index (χ4v) is 2.03. The van der Waals surface area contributed by atoms with E-state index in [1.165, 1.54) is 5.56 Å². The second-order valence-electron chi connectivity index (χ2n) is 4.71. The molecule has 2 N–H and O–H groups in total. The van der Waals surface area contributed by atoms with Gasteiger partial charge in [0, 0.05) is 12.6 Å². The second kappa shape index (κ2) is 6.40. The van der Waals surface area contributed by atoms with Crippen molar-refractivity contribution in [2.75, 3.05) is 19.7 Å². The minimum Gasteiger partial charge on any atom is -0.484 e. The molecule has 0 bridgehead atoms. The lowest BCUT2D eigenvalue weighted by Crippen LogP contribution is -2.46. The highest BCUT2D eigenvalue weighted by Gasteiger charge is 2.15. The highest BCUT2D eigenvalue weighted by atomic mass is 16.5. The van der Waals surface area contributed by atoms with Gasteiger partial charge >= 0.3 is 0 Å².